The zero-order valence-corrected chi connectivity index (χ0v) is 15.7. The number of ether oxygens (including phenoxy) is 1. The van der Waals surface area contributed by atoms with Gasteiger partial charge in [-0.3, -0.25) is 0 Å². The minimum atomic E-state index is -0.874. The number of carbonyl (C=O) groups excluding carboxylic acids is 1. The quantitative estimate of drug-likeness (QED) is 0.593. The molecular weight excluding hydrogens is 366 g/mol. The molecule has 1 fully saturated rings. The molecule has 0 radical (unpaired) electrons. The van der Waals surface area contributed by atoms with E-state index in [0.29, 0.717) is 56.3 Å². The fourth-order valence-corrected chi connectivity index (χ4v) is 3.72. The van der Waals surface area contributed by atoms with Gasteiger partial charge in [-0.1, -0.05) is 0 Å². The minimum Gasteiger partial charge on any atom is -0.461 e. The number of fused-ring (bicyclic) bond motifs is 1. The third-order valence-electron chi connectivity index (χ3n) is 5.16. The van der Waals surface area contributed by atoms with Gasteiger partial charge in [-0.15, -0.1) is 0 Å². The Morgan fingerprint density at radius 1 is 1.25 bits per heavy atom. The normalized spacial score (nSPS) is 18.9. The molecule has 0 amide bonds. The smallest absolute Gasteiger partial charge is 0.356 e. The number of rotatable bonds is 4. The van der Waals surface area contributed by atoms with Crippen LogP contribution >= 0.6 is 0 Å². The molecule has 2 aliphatic heterocycles. The summed E-state index contributed by atoms with van der Waals surface area (Å²) in [6.45, 7) is 4.08. The first-order chi connectivity index (χ1) is 13.5. The van der Waals surface area contributed by atoms with Gasteiger partial charge in [0, 0.05) is 50.2 Å². The van der Waals surface area contributed by atoms with Crippen LogP contribution in [0.3, 0.4) is 0 Å². The van der Waals surface area contributed by atoms with E-state index in [1.54, 1.807) is 19.2 Å². The van der Waals surface area contributed by atoms with E-state index < -0.39 is 18.1 Å². The number of aromatic nitrogens is 2. The number of esters is 1. The molecule has 0 saturated carbocycles. The Bertz CT molecular complexity index is 893. The number of halogens is 2. The number of hydrogen-bond donors (Lipinski definition) is 0. The van der Waals surface area contributed by atoms with Crippen molar-refractivity contribution in [2.75, 3.05) is 36.0 Å². The molecule has 6 nitrogen and oxygen atoms in total. The maximum absolute atomic E-state index is 14.1. The van der Waals surface area contributed by atoms with Crippen molar-refractivity contribution in [1.29, 1.82) is 0 Å². The van der Waals surface area contributed by atoms with Crippen LogP contribution in [0.5, 0.6) is 0 Å². The van der Waals surface area contributed by atoms with Crippen molar-refractivity contribution in [3.05, 3.63) is 47.2 Å². The van der Waals surface area contributed by atoms with E-state index in [-0.39, 0.29) is 6.54 Å². The predicted molar refractivity (Wildman–Crippen MR) is 101 cm³/mol. The average molecular weight is 388 g/mol. The molecule has 0 unspecified atom stereocenters. The van der Waals surface area contributed by atoms with E-state index in [1.807, 2.05) is 15.9 Å². The Labute approximate surface area is 162 Å². The van der Waals surface area contributed by atoms with E-state index in [0.717, 1.165) is 11.1 Å². The van der Waals surface area contributed by atoms with Crippen LogP contribution in [0.25, 0.3) is 0 Å². The number of anilines is 2. The molecule has 0 N–H and O–H groups in total. The molecule has 148 valence electrons. The predicted octanol–water partition coefficient (Wildman–Crippen LogP) is 2.90. The molecule has 2 aromatic rings. The fourth-order valence-electron chi connectivity index (χ4n) is 3.72. The van der Waals surface area contributed by atoms with E-state index in [1.165, 1.54) is 6.07 Å². The summed E-state index contributed by atoms with van der Waals surface area (Å²) >= 11 is 0. The molecule has 28 heavy (non-hydrogen) atoms. The number of hydrogen-bond acceptors (Lipinski definition) is 6. The summed E-state index contributed by atoms with van der Waals surface area (Å²) in [4.78, 5) is 23.9. The summed E-state index contributed by atoms with van der Waals surface area (Å²) in [5.41, 5.74) is 2.96. The lowest BCUT2D eigenvalue weighted by Crippen LogP contribution is -2.32. The van der Waals surface area contributed by atoms with Gasteiger partial charge in [-0.25, -0.2) is 19.2 Å². The van der Waals surface area contributed by atoms with E-state index >= 15 is 0 Å². The lowest BCUT2D eigenvalue weighted by molar-refractivity contribution is 0.0519. The van der Waals surface area contributed by atoms with Crippen LogP contribution in [0.4, 0.5) is 20.3 Å². The second-order valence-electron chi connectivity index (χ2n) is 7.07. The summed E-state index contributed by atoms with van der Waals surface area (Å²) in [6, 6.07) is 4.93. The SMILES string of the molecule is CCOC(=O)c1cc2c(cn1)CN(c1cc(N3CC[C@@H](F)C3)cc(F)n1)CC2. The molecule has 0 bridgehead atoms. The standard InChI is InChI=1S/C20H22F2N4O2/c1-2-28-20(27)17-7-13-3-5-26(11-14(13)10-23-17)19-9-16(8-18(22)24-19)25-6-4-15(21)12-25/h7-10,15H,2-6,11-12H2,1H3/t15-/m1/s1. The van der Waals surface area contributed by atoms with Crippen molar-refractivity contribution < 1.29 is 18.3 Å². The zero-order chi connectivity index (χ0) is 19.7. The maximum atomic E-state index is 14.1. The second kappa shape index (κ2) is 7.69. The molecule has 1 atom stereocenters. The van der Waals surface area contributed by atoms with E-state index in [2.05, 4.69) is 9.97 Å². The highest BCUT2D eigenvalue weighted by Crippen LogP contribution is 2.29. The Hall–Kier alpha value is -2.77. The highest BCUT2D eigenvalue weighted by Gasteiger charge is 2.25. The third kappa shape index (κ3) is 3.76. The first-order valence-electron chi connectivity index (χ1n) is 9.50. The Morgan fingerprint density at radius 3 is 2.86 bits per heavy atom. The van der Waals surface area contributed by atoms with Crippen LogP contribution in [-0.2, 0) is 17.7 Å². The molecule has 2 aliphatic rings. The van der Waals surface area contributed by atoms with Crippen molar-refractivity contribution >= 4 is 17.5 Å². The Morgan fingerprint density at radius 2 is 2.11 bits per heavy atom. The number of nitrogens with zero attached hydrogens (tertiary/aromatic N) is 4. The van der Waals surface area contributed by atoms with Gasteiger partial charge in [-0.05, 0) is 37.0 Å². The summed E-state index contributed by atoms with van der Waals surface area (Å²) in [6.07, 6.45) is 1.95. The number of carbonyl (C=O) groups is 1. The molecule has 0 spiro atoms. The minimum absolute atomic E-state index is 0.284. The Kier molecular flexibility index (Phi) is 5.11. The van der Waals surface area contributed by atoms with Crippen LogP contribution in [0, 0.1) is 5.95 Å². The van der Waals surface area contributed by atoms with Crippen molar-refractivity contribution in [2.45, 2.75) is 32.5 Å². The van der Waals surface area contributed by atoms with Crippen molar-refractivity contribution in [3.8, 4) is 0 Å². The Balaban J connectivity index is 1.54. The van der Waals surface area contributed by atoms with E-state index in [9.17, 15) is 13.6 Å². The van der Waals surface area contributed by atoms with Crippen molar-refractivity contribution in [2.24, 2.45) is 0 Å². The van der Waals surface area contributed by atoms with Crippen molar-refractivity contribution in [3.63, 3.8) is 0 Å². The highest BCUT2D eigenvalue weighted by molar-refractivity contribution is 5.87. The summed E-state index contributed by atoms with van der Waals surface area (Å²) < 4.78 is 32.6. The summed E-state index contributed by atoms with van der Waals surface area (Å²) in [7, 11) is 0. The van der Waals surface area contributed by atoms with Gasteiger partial charge in [0.05, 0.1) is 6.61 Å². The number of alkyl halides is 1. The van der Waals surface area contributed by atoms with Crippen LogP contribution < -0.4 is 9.80 Å². The molecule has 2 aromatic heterocycles. The van der Waals surface area contributed by atoms with Gasteiger partial charge in [-0.2, -0.15) is 4.39 Å². The molecular formula is C20H22F2N4O2. The number of pyridine rings is 2. The highest BCUT2D eigenvalue weighted by atomic mass is 19.1. The first kappa shape index (κ1) is 18.6. The van der Waals surface area contributed by atoms with Gasteiger partial charge >= 0.3 is 5.97 Å². The lowest BCUT2D eigenvalue weighted by atomic mass is 10.0. The average Bonchev–Trinajstić information content (AvgIpc) is 3.13. The summed E-state index contributed by atoms with van der Waals surface area (Å²) in [5, 5.41) is 0. The fraction of sp³-hybridized carbons (Fsp3) is 0.450. The monoisotopic (exact) mass is 388 g/mol. The largest absolute Gasteiger partial charge is 0.461 e. The second-order valence-corrected chi connectivity index (χ2v) is 7.07. The van der Waals surface area contributed by atoms with Gasteiger partial charge < -0.3 is 14.5 Å². The van der Waals surface area contributed by atoms with E-state index in [4.69, 9.17) is 4.74 Å². The topological polar surface area (TPSA) is 58.6 Å². The first-order valence-corrected chi connectivity index (χ1v) is 9.50. The molecule has 0 aromatic carbocycles. The molecule has 4 rings (SSSR count). The third-order valence-corrected chi connectivity index (χ3v) is 5.16. The van der Waals surface area contributed by atoms with Gasteiger partial charge in [0.25, 0.3) is 0 Å². The molecule has 0 aliphatic carbocycles. The molecule has 8 heteroatoms. The lowest BCUT2D eigenvalue weighted by Gasteiger charge is -2.30. The van der Waals surface area contributed by atoms with Crippen LogP contribution in [0.1, 0.15) is 35.0 Å². The molecule has 1 saturated heterocycles. The van der Waals surface area contributed by atoms with Crippen LogP contribution in [-0.4, -0.2) is 48.4 Å². The van der Waals surface area contributed by atoms with Crippen LogP contribution in [0.15, 0.2) is 24.4 Å². The molecule has 4 heterocycles. The summed E-state index contributed by atoms with van der Waals surface area (Å²) in [5.74, 6) is -0.477. The van der Waals surface area contributed by atoms with Gasteiger partial charge in [0.1, 0.15) is 17.7 Å². The van der Waals surface area contributed by atoms with Gasteiger partial charge in [0.15, 0.2) is 0 Å². The van der Waals surface area contributed by atoms with Gasteiger partial charge in [0.2, 0.25) is 5.95 Å². The van der Waals surface area contributed by atoms with Crippen molar-refractivity contribution in [1.82, 2.24) is 9.97 Å². The van der Waals surface area contributed by atoms with Crippen LogP contribution in [0.2, 0.25) is 0 Å². The maximum Gasteiger partial charge on any atom is 0.356 e. The zero-order valence-electron chi connectivity index (χ0n) is 15.7.